The summed E-state index contributed by atoms with van der Waals surface area (Å²) in [6.45, 7) is 2.25. The summed E-state index contributed by atoms with van der Waals surface area (Å²) in [5, 5.41) is 11.3. The van der Waals surface area contributed by atoms with Gasteiger partial charge in [-0.1, -0.05) is 11.8 Å². The second-order valence-electron chi connectivity index (χ2n) is 6.06. The summed E-state index contributed by atoms with van der Waals surface area (Å²) >= 11 is 1.25. The Bertz CT molecular complexity index is 816. The second kappa shape index (κ2) is 6.60. The first-order valence-corrected chi connectivity index (χ1v) is 10.2. The first kappa shape index (κ1) is 17.0. The fourth-order valence-electron chi connectivity index (χ4n) is 2.65. The van der Waals surface area contributed by atoms with E-state index in [9.17, 15) is 13.2 Å². The number of nitrogens with zero attached hydrogens (tertiary/aromatic N) is 3. The van der Waals surface area contributed by atoms with Gasteiger partial charge in [-0.15, -0.1) is 10.2 Å². The summed E-state index contributed by atoms with van der Waals surface area (Å²) in [6.07, 6.45) is 3.62. The van der Waals surface area contributed by atoms with Crippen LogP contribution in [0.25, 0.3) is 0 Å². The van der Waals surface area contributed by atoms with Crippen molar-refractivity contribution in [3.8, 4) is 0 Å². The Balaban J connectivity index is 1.55. The van der Waals surface area contributed by atoms with Crippen LogP contribution in [0.3, 0.4) is 0 Å². The van der Waals surface area contributed by atoms with Crippen LogP contribution in [0.15, 0.2) is 34.3 Å². The number of rotatable bonds is 6. The minimum absolute atomic E-state index is 0.00885. The van der Waals surface area contributed by atoms with E-state index in [1.807, 2.05) is 6.07 Å². The fraction of sp³-hybridized carbons (Fsp3) is 0.500. The number of hydrogen-bond acceptors (Lipinski definition) is 7. The predicted molar refractivity (Wildman–Crippen MR) is 88.4 cm³/mol. The van der Waals surface area contributed by atoms with Crippen molar-refractivity contribution in [3.63, 3.8) is 0 Å². The van der Waals surface area contributed by atoms with Gasteiger partial charge in [-0.25, -0.2) is 8.42 Å². The van der Waals surface area contributed by atoms with Gasteiger partial charge in [0.15, 0.2) is 15.0 Å². The molecule has 1 amide bonds. The summed E-state index contributed by atoms with van der Waals surface area (Å²) in [7, 11) is -3.05. The highest BCUT2D eigenvalue weighted by Crippen LogP contribution is 2.23. The van der Waals surface area contributed by atoms with Crippen molar-refractivity contribution in [1.29, 1.82) is 0 Å². The van der Waals surface area contributed by atoms with Crippen LogP contribution in [0.5, 0.6) is 0 Å². The lowest BCUT2D eigenvalue weighted by atomic mass is 10.0. The Morgan fingerprint density at radius 1 is 1.54 bits per heavy atom. The molecule has 0 aliphatic carbocycles. The van der Waals surface area contributed by atoms with Gasteiger partial charge >= 0.3 is 0 Å². The topological polar surface area (TPSA) is 107 Å². The van der Waals surface area contributed by atoms with E-state index in [1.165, 1.54) is 11.8 Å². The number of thioether (sulfide) groups is 1. The Morgan fingerprint density at radius 3 is 3.04 bits per heavy atom. The number of nitrogens with one attached hydrogen (secondary N) is 1. The van der Waals surface area contributed by atoms with Crippen LogP contribution in [0, 0.1) is 0 Å². The zero-order valence-electron chi connectivity index (χ0n) is 13.1. The van der Waals surface area contributed by atoms with E-state index in [0.29, 0.717) is 18.1 Å². The number of hydrogen-bond donors (Lipinski definition) is 1. The van der Waals surface area contributed by atoms with Crippen LogP contribution in [0.1, 0.15) is 19.1 Å². The molecule has 1 aliphatic heterocycles. The molecule has 0 aromatic carbocycles. The third kappa shape index (κ3) is 4.18. The van der Waals surface area contributed by atoms with E-state index in [-0.39, 0.29) is 23.2 Å². The number of carbonyl (C=O) groups is 1. The van der Waals surface area contributed by atoms with Gasteiger partial charge in [0.2, 0.25) is 5.91 Å². The number of furan rings is 1. The Morgan fingerprint density at radius 2 is 2.38 bits per heavy atom. The van der Waals surface area contributed by atoms with Crippen LogP contribution in [-0.2, 0) is 21.2 Å². The first-order valence-electron chi connectivity index (χ1n) is 7.40. The molecule has 1 fully saturated rings. The summed E-state index contributed by atoms with van der Waals surface area (Å²) in [5.74, 6) is 0.809. The molecule has 3 rings (SSSR count). The highest BCUT2D eigenvalue weighted by molar-refractivity contribution is 7.99. The van der Waals surface area contributed by atoms with Crippen LogP contribution < -0.4 is 5.32 Å². The lowest BCUT2D eigenvalue weighted by molar-refractivity contribution is -0.120. The molecule has 10 heteroatoms. The van der Waals surface area contributed by atoms with Crippen LogP contribution in [-0.4, -0.2) is 51.9 Å². The van der Waals surface area contributed by atoms with Gasteiger partial charge in [-0.3, -0.25) is 4.79 Å². The number of amides is 1. The van der Waals surface area contributed by atoms with Crippen molar-refractivity contribution in [2.45, 2.75) is 30.6 Å². The van der Waals surface area contributed by atoms with Gasteiger partial charge in [0, 0.05) is 0 Å². The van der Waals surface area contributed by atoms with E-state index < -0.39 is 15.4 Å². The number of carbonyl (C=O) groups excluding carboxylic acids is 1. The first-order chi connectivity index (χ1) is 11.4. The molecule has 3 heterocycles. The minimum atomic E-state index is -3.05. The van der Waals surface area contributed by atoms with Crippen molar-refractivity contribution < 1.29 is 17.6 Å². The molecule has 1 N–H and O–H groups in total. The summed E-state index contributed by atoms with van der Waals surface area (Å²) < 4.78 is 30.2. The molecule has 0 saturated carbocycles. The Kier molecular flexibility index (Phi) is 4.68. The smallest absolute Gasteiger partial charge is 0.230 e. The second-order valence-corrected chi connectivity index (χ2v) is 9.19. The standard InChI is InChI=1S/C14H18N4O4S2/c1-14(4-6-24(20,21)9-14)16-12(19)8-23-13-17-15-10-18(13)7-11-3-2-5-22-11/h2-3,5,10H,4,6-9H2,1H3,(H,16,19). The molecule has 1 aliphatic rings. The molecule has 0 bridgehead atoms. The normalized spacial score (nSPS) is 22.5. The maximum atomic E-state index is 12.1. The molecule has 2 aromatic rings. The van der Waals surface area contributed by atoms with E-state index in [0.717, 1.165) is 5.76 Å². The molecule has 2 aromatic heterocycles. The lowest BCUT2D eigenvalue weighted by Gasteiger charge is -2.23. The number of aromatic nitrogens is 3. The highest BCUT2D eigenvalue weighted by Gasteiger charge is 2.39. The Hall–Kier alpha value is -1.81. The molecule has 1 atom stereocenters. The van der Waals surface area contributed by atoms with E-state index in [4.69, 9.17) is 4.42 Å². The van der Waals surface area contributed by atoms with E-state index in [2.05, 4.69) is 15.5 Å². The zero-order valence-corrected chi connectivity index (χ0v) is 14.8. The SMILES string of the molecule is CC1(NC(=O)CSc2nncn2Cc2ccco2)CCS(=O)(=O)C1. The van der Waals surface area contributed by atoms with Crippen molar-refractivity contribution in [3.05, 3.63) is 30.5 Å². The molecule has 0 radical (unpaired) electrons. The quantitative estimate of drug-likeness (QED) is 0.746. The van der Waals surface area contributed by atoms with Gasteiger partial charge < -0.3 is 14.3 Å². The average Bonchev–Trinajstić information content (AvgIpc) is 3.19. The maximum absolute atomic E-state index is 12.1. The largest absolute Gasteiger partial charge is 0.467 e. The zero-order chi connectivity index (χ0) is 17.2. The molecule has 8 nitrogen and oxygen atoms in total. The van der Waals surface area contributed by atoms with Gasteiger partial charge in [0.05, 0.1) is 35.6 Å². The van der Waals surface area contributed by atoms with Crippen molar-refractivity contribution in [1.82, 2.24) is 20.1 Å². The van der Waals surface area contributed by atoms with Crippen LogP contribution >= 0.6 is 11.8 Å². The van der Waals surface area contributed by atoms with Gasteiger partial charge in [0.1, 0.15) is 12.1 Å². The molecule has 1 saturated heterocycles. The summed E-state index contributed by atoms with van der Waals surface area (Å²) in [5.41, 5.74) is -0.682. The highest BCUT2D eigenvalue weighted by atomic mass is 32.2. The summed E-state index contributed by atoms with van der Waals surface area (Å²) in [4.78, 5) is 12.1. The Labute approximate surface area is 143 Å². The van der Waals surface area contributed by atoms with E-state index >= 15 is 0 Å². The molecule has 0 spiro atoms. The molecular formula is C14H18N4O4S2. The summed E-state index contributed by atoms with van der Waals surface area (Å²) in [6, 6.07) is 3.65. The van der Waals surface area contributed by atoms with E-state index in [1.54, 1.807) is 30.1 Å². The number of sulfone groups is 1. The molecule has 130 valence electrons. The minimum Gasteiger partial charge on any atom is -0.467 e. The van der Waals surface area contributed by atoms with Gasteiger partial charge in [0.25, 0.3) is 0 Å². The predicted octanol–water partition coefficient (Wildman–Crippen LogP) is 0.705. The van der Waals surface area contributed by atoms with Gasteiger partial charge in [-0.2, -0.15) is 0 Å². The lowest BCUT2D eigenvalue weighted by Crippen LogP contribution is -2.47. The van der Waals surface area contributed by atoms with Crippen LogP contribution in [0.2, 0.25) is 0 Å². The third-order valence-electron chi connectivity index (χ3n) is 3.76. The third-order valence-corrected chi connectivity index (χ3v) is 6.65. The average molecular weight is 370 g/mol. The van der Waals surface area contributed by atoms with Crippen molar-refractivity contribution in [2.24, 2.45) is 0 Å². The molecular weight excluding hydrogens is 352 g/mol. The maximum Gasteiger partial charge on any atom is 0.230 e. The molecule has 1 unspecified atom stereocenters. The monoisotopic (exact) mass is 370 g/mol. The molecule has 24 heavy (non-hydrogen) atoms. The van der Waals surface area contributed by atoms with Crippen molar-refractivity contribution in [2.75, 3.05) is 17.3 Å². The van der Waals surface area contributed by atoms with Crippen molar-refractivity contribution >= 4 is 27.5 Å². The fourth-order valence-corrected chi connectivity index (χ4v) is 5.45. The van der Waals surface area contributed by atoms with Crippen LogP contribution in [0.4, 0.5) is 0 Å². The van der Waals surface area contributed by atoms with Gasteiger partial charge in [-0.05, 0) is 25.5 Å².